The highest BCUT2D eigenvalue weighted by Crippen LogP contribution is 2.21. The summed E-state index contributed by atoms with van der Waals surface area (Å²) in [6.45, 7) is 3.95. The number of fused-ring (bicyclic) bond motifs is 1. The quantitative estimate of drug-likeness (QED) is 0.698. The molecule has 3 aromatic carbocycles. The topological polar surface area (TPSA) is 38.3 Å². The van der Waals surface area contributed by atoms with Gasteiger partial charge in [0.1, 0.15) is 5.75 Å². The van der Waals surface area contributed by atoms with Crippen LogP contribution in [0, 0.1) is 0 Å². The lowest BCUT2D eigenvalue weighted by Gasteiger charge is -2.21. The van der Waals surface area contributed by atoms with Gasteiger partial charge in [-0.05, 0) is 47.9 Å². The monoisotopic (exact) mass is 333 g/mol. The van der Waals surface area contributed by atoms with E-state index in [1.807, 2.05) is 56.3 Å². The number of hydrogen-bond acceptors (Lipinski definition) is 2. The van der Waals surface area contributed by atoms with Gasteiger partial charge in [-0.2, -0.15) is 0 Å². The molecule has 1 amide bonds. The molecule has 3 aromatic rings. The van der Waals surface area contributed by atoms with Crippen LogP contribution >= 0.6 is 0 Å². The van der Waals surface area contributed by atoms with Crippen molar-refractivity contribution in [3.63, 3.8) is 0 Å². The van der Waals surface area contributed by atoms with Gasteiger partial charge in [0, 0.05) is 0 Å². The smallest absolute Gasteiger partial charge is 0.261 e. The Kier molecular flexibility index (Phi) is 5.34. The van der Waals surface area contributed by atoms with Gasteiger partial charge in [-0.1, -0.05) is 61.5 Å². The van der Waals surface area contributed by atoms with Crippen molar-refractivity contribution in [1.29, 1.82) is 0 Å². The van der Waals surface area contributed by atoms with Crippen LogP contribution in [0.15, 0.2) is 72.8 Å². The minimum atomic E-state index is -0.495. The molecule has 25 heavy (non-hydrogen) atoms. The Hall–Kier alpha value is -2.81. The van der Waals surface area contributed by atoms with Crippen LogP contribution in [-0.2, 0) is 4.79 Å². The number of carbonyl (C=O) groups excluding carboxylic acids is 1. The normalized spacial score (nSPS) is 13.2. The van der Waals surface area contributed by atoms with Gasteiger partial charge < -0.3 is 10.1 Å². The predicted molar refractivity (Wildman–Crippen MR) is 102 cm³/mol. The van der Waals surface area contributed by atoms with Crippen LogP contribution in [0.1, 0.15) is 31.9 Å². The van der Waals surface area contributed by atoms with Gasteiger partial charge >= 0.3 is 0 Å². The standard InChI is InChI=1S/C22H23NO2/c1-3-21(25-20-11-5-4-6-12-20)22(24)23-16(2)18-14-13-17-9-7-8-10-19(17)15-18/h4-16,21H,3H2,1-2H3,(H,23,24)/t16-,21-/m1/s1. The lowest BCUT2D eigenvalue weighted by Crippen LogP contribution is -2.39. The molecule has 0 aliphatic carbocycles. The van der Waals surface area contributed by atoms with Gasteiger partial charge in [0.05, 0.1) is 6.04 Å². The van der Waals surface area contributed by atoms with Crippen LogP contribution in [-0.4, -0.2) is 12.0 Å². The number of ether oxygens (including phenoxy) is 1. The van der Waals surface area contributed by atoms with Crippen molar-refractivity contribution in [1.82, 2.24) is 5.32 Å². The van der Waals surface area contributed by atoms with E-state index in [-0.39, 0.29) is 11.9 Å². The van der Waals surface area contributed by atoms with Crippen molar-refractivity contribution >= 4 is 16.7 Å². The molecule has 0 saturated heterocycles. The zero-order chi connectivity index (χ0) is 17.6. The number of benzene rings is 3. The summed E-state index contributed by atoms with van der Waals surface area (Å²) in [4.78, 5) is 12.6. The van der Waals surface area contributed by atoms with Crippen LogP contribution in [0.2, 0.25) is 0 Å². The summed E-state index contributed by atoms with van der Waals surface area (Å²) in [7, 11) is 0. The second-order valence-corrected chi connectivity index (χ2v) is 6.16. The summed E-state index contributed by atoms with van der Waals surface area (Å²) in [5, 5.41) is 5.44. The third-order valence-corrected chi connectivity index (χ3v) is 4.32. The Morgan fingerprint density at radius 1 is 0.960 bits per heavy atom. The molecule has 3 rings (SSSR count). The second kappa shape index (κ2) is 7.84. The number of rotatable bonds is 6. The Labute approximate surface area is 148 Å². The molecule has 3 nitrogen and oxygen atoms in total. The van der Waals surface area contributed by atoms with E-state index >= 15 is 0 Å². The number of carbonyl (C=O) groups is 1. The summed E-state index contributed by atoms with van der Waals surface area (Å²) in [5.41, 5.74) is 1.08. The van der Waals surface area contributed by atoms with E-state index in [1.54, 1.807) is 0 Å². The molecule has 0 heterocycles. The molecule has 0 aliphatic rings. The maximum absolute atomic E-state index is 12.6. The van der Waals surface area contributed by atoms with Crippen molar-refractivity contribution in [2.24, 2.45) is 0 Å². The first kappa shape index (κ1) is 17.0. The van der Waals surface area contributed by atoms with E-state index < -0.39 is 6.10 Å². The van der Waals surface area contributed by atoms with Gasteiger partial charge in [0.15, 0.2) is 6.10 Å². The molecule has 0 aliphatic heterocycles. The van der Waals surface area contributed by atoms with Gasteiger partial charge in [-0.15, -0.1) is 0 Å². The highest BCUT2D eigenvalue weighted by Gasteiger charge is 2.20. The van der Waals surface area contributed by atoms with Gasteiger partial charge in [-0.3, -0.25) is 4.79 Å². The molecule has 0 spiro atoms. The molecule has 0 bridgehead atoms. The fourth-order valence-corrected chi connectivity index (χ4v) is 2.85. The van der Waals surface area contributed by atoms with Crippen LogP contribution in [0.25, 0.3) is 10.8 Å². The first-order valence-corrected chi connectivity index (χ1v) is 8.68. The first-order valence-electron chi connectivity index (χ1n) is 8.68. The Morgan fingerprint density at radius 2 is 1.64 bits per heavy atom. The molecule has 0 saturated carbocycles. The number of nitrogens with one attached hydrogen (secondary N) is 1. The Morgan fingerprint density at radius 3 is 2.36 bits per heavy atom. The largest absolute Gasteiger partial charge is 0.481 e. The Balaban J connectivity index is 1.69. The first-order chi connectivity index (χ1) is 12.2. The average Bonchev–Trinajstić information content (AvgIpc) is 2.66. The molecule has 128 valence electrons. The number of hydrogen-bond donors (Lipinski definition) is 1. The van der Waals surface area contributed by atoms with Crippen molar-refractivity contribution in [2.45, 2.75) is 32.4 Å². The van der Waals surface area contributed by atoms with E-state index in [0.717, 1.165) is 5.56 Å². The molecule has 1 N–H and O–H groups in total. The van der Waals surface area contributed by atoms with Crippen LogP contribution in [0.3, 0.4) is 0 Å². The predicted octanol–water partition coefficient (Wildman–Crippen LogP) is 4.87. The van der Waals surface area contributed by atoms with Crippen LogP contribution < -0.4 is 10.1 Å². The van der Waals surface area contributed by atoms with Crippen molar-refractivity contribution in [3.05, 3.63) is 78.4 Å². The molecular formula is C22H23NO2. The summed E-state index contributed by atoms with van der Waals surface area (Å²) in [6.07, 6.45) is 0.121. The van der Waals surface area contributed by atoms with Crippen LogP contribution in [0.4, 0.5) is 0 Å². The van der Waals surface area contributed by atoms with Crippen molar-refractivity contribution < 1.29 is 9.53 Å². The molecule has 0 fully saturated rings. The van der Waals surface area contributed by atoms with Crippen molar-refractivity contribution in [3.8, 4) is 5.75 Å². The molecule has 3 heteroatoms. The van der Waals surface area contributed by atoms with E-state index in [1.165, 1.54) is 10.8 Å². The summed E-state index contributed by atoms with van der Waals surface area (Å²) < 4.78 is 5.82. The maximum Gasteiger partial charge on any atom is 0.261 e. The van der Waals surface area contributed by atoms with E-state index in [0.29, 0.717) is 12.2 Å². The summed E-state index contributed by atoms with van der Waals surface area (Å²) >= 11 is 0. The number of para-hydroxylation sites is 1. The van der Waals surface area contributed by atoms with E-state index in [4.69, 9.17) is 4.74 Å². The highest BCUT2D eigenvalue weighted by molar-refractivity contribution is 5.84. The number of amides is 1. The zero-order valence-corrected chi connectivity index (χ0v) is 14.6. The highest BCUT2D eigenvalue weighted by atomic mass is 16.5. The molecule has 0 radical (unpaired) electrons. The van der Waals surface area contributed by atoms with E-state index in [9.17, 15) is 4.79 Å². The average molecular weight is 333 g/mol. The maximum atomic E-state index is 12.6. The lowest BCUT2D eigenvalue weighted by molar-refractivity contribution is -0.128. The zero-order valence-electron chi connectivity index (χ0n) is 14.6. The molecular weight excluding hydrogens is 310 g/mol. The molecule has 0 unspecified atom stereocenters. The Bertz CT molecular complexity index is 845. The van der Waals surface area contributed by atoms with Gasteiger partial charge in [0.2, 0.25) is 0 Å². The van der Waals surface area contributed by atoms with Gasteiger partial charge in [0.25, 0.3) is 5.91 Å². The molecule has 2 atom stereocenters. The van der Waals surface area contributed by atoms with Crippen molar-refractivity contribution in [2.75, 3.05) is 0 Å². The fraction of sp³-hybridized carbons (Fsp3) is 0.227. The van der Waals surface area contributed by atoms with Gasteiger partial charge in [-0.25, -0.2) is 0 Å². The van der Waals surface area contributed by atoms with E-state index in [2.05, 4.69) is 35.6 Å². The summed E-state index contributed by atoms with van der Waals surface area (Å²) in [5.74, 6) is 0.620. The SMILES string of the molecule is CC[C@@H](Oc1ccccc1)C(=O)N[C@H](C)c1ccc2ccccc2c1. The second-order valence-electron chi connectivity index (χ2n) is 6.16. The molecule has 0 aromatic heterocycles. The minimum absolute atomic E-state index is 0.0782. The summed E-state index contributed by atoms with van der Waals surface area (Å²) in [6, 6.07) is 23.9. The lowest BCUT2D eigenvalue weighted by atomic mass is 10.0. The van der Waals surface area contributed by atoms with Crippen LogP contribution in [0.5, 0.6) is 5.75 Å². The minimum Gasteiger partial charge on any atom is -0.481 e. The third-order valence-electron chi connectivity index (χ3n) is 4.32. The fourth-order valence-electron chi connectivity index (χ4n) is 2.85. The third kappa shape index (κ3) is 4.18.